The van der Waals surface area contributed by atoms with E-state index in [-0.39, 0.29) is 0 Å². The van der Waals surface area contributed by atoms with Crippen LogP contribution < -0.4 is 0 Å². The summed E-state index contributed by atoms with van der Waals surface area (Å²) >= 11 is 0. The Morgan fingerprint density at radius 2 is 1.79 bits per heavy atom. The van der Waals surface area contributed by atoms with Crippen LogP contribution in [0.5, 0.6) is 0 Å². The van der Waals surface area contributed by atoms with Gasteiger partial charge in [0.25, 0.3) is 0 Å². The maximum atomic E-state index is 12.1. The van der Waals surface area contributed by atoms with E-state index in [2.05, 4.69) is 0 Å². The predicted molar refractivity (Wildman–Crippen MR) is 69.7 cm³/mol. The number of carbonyl (C=O) groups is 2. The van der Waals surface area contributed by atoms with Gasteiger partial charge in [0, 0.05) is 0 Å². The van der Waals surface area contributed by atoms with Gasteiger partial charge < -0.3 is 9.47 Å². The highest BCUT2D eigenvalue weighted by atomic mass is 16.6. The minimum Gasteiger partial charge on any atom is -0.463 e. The first-order chi connectivity index (χ1) is 9.18. The molecule has 1 fully saturated rings. The van der Waals surface area contributed by atoms with Crippen molar-refractivity contribution in [3.05, 3.63) is 35.9 Å². The average Bonchev–Trinajstić information content (AvgIpc) is 2.90. The molecule has 4 nitrogen and oxygen atoms in total. The Labute approximate surface area is 112 Å². The zero-order chi connectivity index (χ0) is 13.7. The Morgan fingerprint density at radius 1 is 1.16 bits per heavy atom. The Hall–Kier alpha value is -1.84. The van der Waals surface area contributed by atoms with Crippen molar-refractivity contribution < 1.29 is 19.1 Å². The Bertz CT molecular complexity index is 446. The van der Waals surface area contributed by atoms with Crippen LogP contribution in [-0.2, 0) is 14.3 Å². The fraction of sp³-hybridized carbons (Fsp3) is 0.467. The third-order valence-corrected chi connectivity index (χ3v) is 3.36. The second-order valence-electron chi connectivity index (χ2n) is 4.68. The number of esters is 2. The van der Waals surface area contributed by atoms with Crippen LogP contribution >= 0.6 is 0 Å². The molecule has 1 aromatic rings. The second-order valence-corrected chi connectivity index (χ2v) is 4.68. The van der Waals surface area contributed by atoms with E-state index in [1.165, 1.54) is 0 Å². The van der Waals surface area contributed by atoms with Gasteiger partial charge in [-0.25, -0.2) is 9.59 Å². The molecule has 0 aliphatic heterocycles. The number of rotatable bonds is 4. The summed E-state index contributed by atoms with van der Waals surface area (Å²) < 4.78 is 10.5. The van der Waals surface area contributed by atoms with Crippen LogP contribution in [0.1, 0.15) is 43.0 Å². The van der Waals surface area contributed by atoms with Gasteiger partial charge in [-0.15, -0.1) is 0 Å². The van der Waals surface area contributed by atoms with Gasteiger partial charge in [-0.05, 0) is 44.7 Å². The molecule has 0 N–H and O–H groups in total. The van der Waals surface area contributed by atoms with Crippen LogP contribution in [-0.4, -0.2) is 24.1 Å². The molecule has 1 aliphatic carbocycles. The first-order valence-electron chi connectivity index (χ1n) is 6.63. The van der Waals surface area contributed by atoms with Gasteiger partial charge in [0.05, 0.1) is 12.2 Å². The van der Waals surface area contributed by atoms with Gasteiger partial charge in [-0.2, -0.15) is 0 Å². The lowest BCUT2D eigenvalue weighted by molar-refractivity contribution is -0.165. The van der Waals surface area contributed by atoms with Crippen molar-refractivity contribution in [3.8, 4) is 0 Å². The maximum Gasteiger partial charge on any atom is 0.350 e. The molecule has 0 amide bonds. The second kappa shape index (κ2) is 5.87. The Kier molecular flexibility index (Phi) is 4.20. The summed E-state index contributed by atoms with van der Waals surface area (Å²) in [6, 6.07) is 8.71. The van der Waals surface area contributed by atoms with Crippen LogP contribution in [0.25, 0.3) is 0 Å². The van der Waals surface area contributed by atoms with Crippen molar-refractivity contribution in [1.29, 1.82) is 0 Å². The molecule has 0 saturated heterocycles. The molecule has 0 bridgehead atoms. The number of hydrogen-bond acceptors (Lipinski definition) is 4. The molecule has 19 heavy (non-hydrogen) atoms. The van der Waals surface area contributed by atoms with E-state index in [1.54, 1.807) is 31.2 Å². The van der Waals surface area contributed by atoms with Gasteiger partial charge in [0.15, 0.2) is 0 Å². The van der Waals surface area contributed by atoms with E-state index in [0.717, 1.165) is 12.8 Å². The van der Waals surface area contributed by atoms with Gasteiger partial charge in [0.2, 0.25) is 5.60 Å². The lowest BCUT2D eigenvalue weighted by Crippen LogP contribution is -2.42. The van der Waals surface area contributed by atoms with E-state index in [4.69, 9.17) is 9.47 Å². The van der Waals surface area contributed by atoms with Crippen molar-refractivity contribution in [2.75, 3.05) is 6.61 Å². The molecule has 1 saturated carbocycles. The van der Waals surface area contributed by atoms with Gasteiger partial charge in [0.1, 0.15) is 0 Å². The summed E-state index contributed by atoms with van der Waals surface area (Å²) in [7, 11) is 0. The first kappa shape index (κ1) is 13.6. The molecular formula is C15H18O4. The van der Waals surface area contributed by atoms with E-state index in [9.17, 15) is 9.59 Å². The molecule has 1 aromatic carbocycles. The highest BCUT2D eigenvalue weighted by Crippen LogP contribution is 2.35. The molecule has 1 aliphatic rings. The SMILES string of the molecule is CCOC(=O)C1(OC(=O)c2ccccc2)CCCC1. The molecule has 0 heterocycles. The largest absolute Gasteiger partial charge is 0.463 e. The van der Waals surface area contributed by atoms with Gasteiger partial charge >= 0.3 is 11.9 Å². The Morgan fingerprint density at radius 3 is 2.37 bits per heavy atom. The van der Waals surface area contributed by atoms with Crippen molar-refractivity contribution >= 4 is 11.9 Å². The van der Waals surface area contributed by atoms with Crippen LogP contribution in [0, 0.1) is 0 Å². The minimum absolute atomic E-state index is 0.295. The molecule has 0 spiro atoms. The zero-order valence-electron chi connectivity index (χ0n) is 11.1. The van der Waals surface area contributed by atoms with Crippen molar-refractivity contribution in [2.24, 2.45) is 0 Å². The highest BCUT2D eigenvalue weighted by molar-refractivity contribution is 5.92. The number of hydrogen-bond donors (Lipinski definition) is 0. The summed E-state index contributed by atoms with van der Waals surface area (Å²) in [5, 5.41) is 0. The molecule has 0 radical (unpaired) electrons. The van der Waals surface area contributed by atoms with Crippen molar-refractivity contribution in [1.82, 2.24) is 0 Å². The fourth-order valence-electron chi connectivity index (χ4n) is 2.37. The van der Waals surface area contributed by atoms with E-state index >= 15 is 0 Å². The van der Waals surface area contributed by atoms with E-state index in [0.29, 0.717) is 25.0 Å². The Balaban J connectivity index is 2.13. The van der Waals surface area contributed by atoms with Crippen LogP contribution in [0.3, 0.4) is 0 Å². The van der Waals surface area contributed by atoms with Crippen LogP contribution in [0.4, 0.5) is 0 Å². The smallest absolute Gasteiger partial charge is 0.350 e. The van der Waals surface area contributed by atoms with Gasteiger partial charge in [-0.3, -0.25) is 0 Å². The molecular weight excluding hydrogens is 244 g/mol. The number of benzene rings is 1. The summed E-state index contributed by atoms with van der Waals surface area (Å²) in [6.07, 6.45) is 2.84. The molecule has 0 unspecified atom stereocenters. The summed E-state index contributed by atoms with van der Waals surface area (Å²) in [5.74, 6) is -0.882. The molecule has 0 aromatic heterocycles. The highest BCUT2D eigenvalue weighted by Gasteiger charge is 2.46. The zero-order valence-corrected chi connectivity index (χ0v) is 11.1. The summed E-state index contributed by atoms with van der Waals surface area (Å²) in [4.78, 5) is 24.1. The topological polar surface area (TPSA) is 52.6 Å². The molecule has 4 heteroatoms. The molecule has 102 valence electrons. The molecule has 2 rings (SSSR count). The van der Waals surface area contributed by atoms with E-state index < -0.39 is 17.5 Å². The normalized spacial score (nSPS) is 16.9. The first-order valence-corrected chi connectivity index (χ1v) is 6.63. The summed E-state index contributed by atoms with van der Waals surface area (Å²) in [6.45, 7) is 2.04. The minimum atomic E-state index is -1.08. The fourth-order valence-corrected chi connectivity index (χ4v) is 2.37. The maximum absolute atomic E-state index is 12.1. The molecule has 0 atom stereocenters. The monoisotopic (exact) mass is 262 g/mol. The number of ether oxygens (including phenoxy) is 2. The van der Waals surface area contributed by atoms with Crippen molar-refractivity contribution in [2.45, 2.75) is 38.2 Å². The van der Waals surface area contributed by atoms with Crippen molar-refractivity contribution in [3.63, 3.8) is 0 Å². The predicted octanol–water partition coefficient (Wildman–Crippen LogP) is 2.72. The van der Waals surface area contributed by atoms with Crippen LogP contribution in [0.15, 0.2) is 30.3 Å². The van der Waals surface area contributed by atoms with E-state index in [1.807, 2.05) is 6.07 Å². The quantitative estimate of drug-likeness (QED) is 0.783. The standard InChI is InChI=1S/C15H18O4/c1-2-18-14(17)15(10-6-7-11-15)19-13(16)12-8-4-3-5-9-12/h3-5,8-9H,2,6-7,10-11H2,1H3. The van der Waals surface area contributed by atoms with Gasteiger partial charge in [-0.1, -0.05) is 18.2 Å². The average molecular weight is 262 g/mol. The summed E-state index contributed by atoms with van der Waals surface area (Å²) in [5.41, 5.74) is -0.624. The number of carbonyl (C=O) groups excluding carboxylic acids is 2. The van der Waals surface area contributed by atoms with Crippen LogP contribution in [0.2, 0.25) is 0 Å². The lowest BCUT2D eigenvalue weighted by atomic mass is 10.0. The third kappa shape index (κ3) is 2.95. The third-order valence-electron chi connectivity index (χ3n) is 3.36. The lowest BCUT2D eigenvalue weighted by Gasteiger charge is -2.26.